The predicted molar refractivity (Wildman–Crippen MR) is 224 cm³/mol. The van der Waals surface area contributed by atoms with E-state index in [1.807, 2.05) is 50.3 Å². The van der Waals surface area contributed by atoms with Crippen LogP contribution < -0.4 is 9.47 Å². The number of carbonyl (C=O) groups excluding carboxylic acids is 3. The molecule has 2 aromatic rings. The molecule has 8 rings (SSSR count). The van der Waals surface area contributed by atoms with E-state index in [1.165, 1.54) is 12.7 Å². The highest BCUT2D eigenvalue weighted by Crippen LogP contribution is 2.64. The van der Waals surface area contributed by atoms with Gasteiger partial charge in [-0.05, 0) is 99.6 Å². The lowest BCUT2D eigenvalue weighted by atomic mass is 9.49. The van der Waals surface area contributed by atoms with Gasteiger partial charge in [0.1, 0.15) is 34.7 Å². The third-order valence-corrected chi connectivity index (χ3v) is 13.4. The van der Waals surface area contributed by atoms with Gasteiger partial charge in [-0.3, -0.25) is 14.6 Å². The number of ketones is 2. The molecule has 3 aliphatic heterocycles. The van der Waals surface area contributed by atoms with Gasteiger partial charge >= 0.3 is 5.97 Å². The fourth-order valence-corrected chi connectivity index (χ4v) is 10.8. The van der Waals surface area contributed by atoms with Crippen molar-refractivity contribution in [1.82, 2.24) is 0 Å². The topological polar surface area (TPSA) is 132 Å². The van der Waals surface area contributed by atoms with Crippen molar-refractivity contribution in [1.29, 1.82) is 0 Å². The standard InChI is InChI=1S/C49H55NO8/c1-24(2)13-12-21-49(8)22-20-30-43(53)37-40-36-34(35-39(50-40)27-14-10-11-15-28(27)42(35)52)32-23-33(46(36)57-45(37)31(44(30)58-49)18-16-25(3)4)38(48(6,7)55)29(41(32)51)19-17-26(5)47(54)56-9/h10-11,13-17,20,22,29,32-35,38,46,53,55H,12,18-19,21,23H2,1-9H3. The Hall–Kier alpha value is -5.02. The number of aliphatic imine (C=N–C) groups is 1. The molecule has 0 aromatic heterocycles. The zero-order valence-electron chi connectivity index (χ0n) is 35.1. The van der Waals surface area contributed by atoms with Crippen molar-refractivity contribution in [2.45, 2.75) is 105 Å². The first-order valence-corrected chi connectivity index (χ1v) is 20.7. The molecular weight excluding hydrogens is 731 g/mol. The summed E-state index contributed by atoms with van der Waals surface area (Å²) in [7, 11) is 1.32. The summed E-state index contributed by atoms with van der Waals surface area (Å²) in [6.07, 6.45) is 12.0. The predicted octanol–water partition coefficient (Wildman–Crippen LogP) is 8.95. The van der Waals surface area contributed by atoms with E-state index in [2.05, 4.69) is 32.9 Å². The van der Waals surface area contributed by atoms with Crippen molar-refractivity contribution in [3.05, 3.63) is 98.7 Å². The lowest BCUT2D eigenvalue weighted by Crippen LogP contribution is -2.62. The molecule has 3 aliphatic carbocycles. The van der Waals surface area contributed by atoms with Crippen molar-refractivity contribution >= 4 is 35.0 Å². The molecule has 3 heterocycles. The summed E-state index contributed by atoms with van der Waals surface area (Å²) in [5.74, 6) is -3.08. The van der Waals surface area contributed by atoms with Crippen LogP contribution in [-0.4, -0.2) is 57.9 Å². The number of hydrogen-bond acceptors (Lipinski definition) is 9. The molecule has 0 radical (unpaired) electrons. The van der Waals surface area contributed by atoms with Crippen LogP contribution in [0, 0.1) is 35.5 Å². The van der Waals surface area contributed by atoms with Gasteiger partial charge in [-0.1, -0.05) is 53.6 Å². The maximum absolute atomic E-state index is 15.1. The molecule has 0 spiro atoms. The van der Waals surface area contributed by atoms with Crippen molar-refractivity contribution in [3.63, 3.8) is 0 Å². The van der Waals surface area contributed by atoms with Gasteiger partial charge in [-0.2, -0.15) is 0 Å². The number of nitrogens with zero attached hydrogens (tertiary/aromatic N) is 1. The third kappa shape index (κ3) is 6.32. The number of phenolic OH excluding ortho intramolecular Hbond substituents is 1. The molecule has 0 amide bonds. The molecule has 8 atom stereocenters. The van der Waals surface area contributed by atoms with Crippen LogP contribution in [0.25, 0.3) is 11.8 Å². The van der Waals surface area contributed by atoms with Gasteiger partial charge in [-0.15, -0.1) is 0 Å². The molecule has 9 heteroatoms. The van der Waals surface area contributed by atoms with Gasteiger partial charge in [0.2, 0.25) is 0 Å². The minimum atomic E-state index is -1.33. The number of ether oxygens (including phenoxy) is 3. The summed E-state index contributed by atoms with van der Waals surface area (Å²) in [5.41, 5.74) is 5.70. The van der Waals surface area contributed by atoms with E-state index in [1.54, 1.807) is 26.8 Å². The van der Waals surface area contributed by atoms with Crippen LogP contribution in [0.15, 0.2) is 75.9 Å². The highest BCUT2D eigenvalue weighted by Gasteiger charge is 2.64. The van der Waals surface area contributed by atoms with Crippen LogP contribution in [-0.2, 0) is 20.7 Å². The first kappa shape index (κ1) is 39.8. The van der Waals surface area contributed by atoms with E-state index in [-0.39, 0.29) is 29.7 Å². The SMILES string of the molecule is COC(=O)C(C)=CCC1C(=O)C2CC(C3Oc4c(CC=C(C)C)c5c(c(O)c4C4=C3C2C2C(=O)c3ccccc3C2=N4)C=CC(C)(CCC=C(C)C)O5)C1C(C)(C)O. The highest BCUT2D eigenvalue weighted by molar-refractivity contribution is 6.30. The van der Waals surface area contributed by atoms with Crippen LogP contribution in [0.3, 0.4) is 0 Å². The van der Waals surface area contributed by atoms with Crippen LogP contribution in [0.4, 0.5) is 0 Å². The number of fused-ring (bicyclic) bond motifs is 11. The van der Waals surface area contributed by atoms with Gasteiger partial charge in [0, 0.05) is 57.4 Å². The molecular formula is C49H55NO8. The van der Waals surface area contributed by atoms with Gasteiger partial charge in [0.05, 0.1) is 41.2 Å². The first-order valence-electron chi connectivity index (χ1n) is 20.7. The Bertz CT molecular complexity index is 2320. The fourth-order valence-electron chi connectivity index (χ4n) is 10.8. The number of aliphatic hydroxyl groups is 1. The van der Waals surface area contributed by atoms with E-state index < -0.39 is 52.9 Å². The lowest BCUT2D eigenvalue weighted by Gasteiger charge is -2.57. The number of benzene rings is 2. The molecule has 2 aromatic carbocycles. The van der Waals surface area contributed by atoms with Crippen LogP contribution in [0.1, 0.15) is 114 Å². The average molecular weight is 786 g/mol. The summed E-state index contributed by atoms with van der Waals surface area (Å²) >= 11 is 0. The van der Waals surface area contributed by atoms with Crippen LogP contribution in [0.5, 0.6) is 17.2 Å². The Morgan fingerprint density at radius 1 is 1.03 bits per heavy atom. The second kappa shape index (κ2) is 14.4. The van der Waals surface area contributed by atoms with E-state index in [9.17, 15) is 19.8 Å². The van der Waals surface area contributed by atoms with Crippen molar-refractivity contribution in [3.8, 4) is 17.2 Å². The molecule has 6 aliphatic rings. The minimum Gasteiger partial charge on any atom is -0.506 e. The van der Waals surface area contributed by atoms with Crippen LogP contribution in [0.2, 0.25) is 0 Å². The van der Waals surface area contributed by atoms with E-state index in [4.69, 9.17) is 19.2 Å². The Morgan fingerprint density at radius 2 is 1.74 bits per heavy atom. The maximum atomic E-state index is 15.1. The number of phenols is 1. The van der Waals surface area contributed by atoms with E-state index in [0.29, 0.717) is 58.0 Å². The summed E-state index contributed by atoms with van der Waals surface area (Å²) in [6.45, 7) is 15.4. The molecule has 0 saturated heterocycles. The Balaban J connectivity index is 1.38. The third-order valence-electron chi connectivity index (χ3n) is 13.4. The quantitative estimate of drug-likeness (QED) is 0.146. The molecule has 2 N–H and O–H groups in total. The van der Waals surface area contributed by atoms with Gasteiger partial charge in [-0.25, -0.2) is 4.79 Å². The van der Waals surface area contributed by atoms with E-state index >= 15 is 4.79 Å². The molecule has 2 saturated carbocycles. The molecule has 58 heavy (non-hydrogen) atoms. The second-order valence-corrected chi connectivity index (χ2v) is 18.4. The minimum absolute atomic E-state index is 0.0175. The lowest BCUT2D eigenvalue weighted by molar-refractivity contribution is -0.155. The number of aromatic hydroxyl groups is 1. The average Bonchev–Trinajstić information content (AvgIpc) is 3.45. The normalized spacial score (nSPS) is 28.8. The Morgan fingerprint density at radius 3 is 2.41 bits per heavy atom. The fraction of sp³-hybridized carbons (Fsp3) is 0.469. The van der Waals surface area contributed by atoms with E-state index in [0.717, 1.165) is 35.1 Å². The number of rotatable bonds is 9. The smallest absolute Gasteiger partial charge is 0.333 e. The molecule has 2 fully saturated rings. The monoisotopic (exact) mass is 785 g/mol. The Kier molecular flexibility index (Phi) is 9.85. The summed E-state index contributed by atoms with van der Waals surface area (Å²) in [6, 6.07) is 7.48. The second-order valence-electron chi connectivity index (χ2n) is 18.4. The summed E-state index contributed by atoms with van der Waals surface area (Å²) in [5, 5.41) is 24.5. The zero-order valence-corrected chi connectivity index (χ0v) is 35.1. The molecule has 304 valence electrons. The Labute approximate surface area is 341 Å². The van der Waals surface area contributed by atoms with Crippen molar-refractivity contribution in [2.24, 2.45) is 40.5 Å². The van der Waals surface area contributed by atoms with Gasteiger partial charge in [0.25, 0.3) is 0 Å². The number of methoxy groups -OCH3 is 1. The van der Waals surface area contributed by atoms with Gasteiger partial charge in [0.15, 0.2) is 5.78 Å². The number of allylic oxidation sites excluding steroid dienone is 5. The summed E-state index contributed by atoms with van der Waals surface area (Å²) < 4.78 is 19.3. The zero-order chi connectivity index (χ0) is 41.6. The van der Waals surface area contributed by atoms with Gasteiger partial charge < -0.3 is 24.4 Å². The molecule has 8 unspecified atom stereocenters. The maximum Gasteiger partial charge on any atom is 0.333 e. The number of hydrogen-bond donors (Lipinski definition) is 2. The van der Waals surface area contributed by atoms with Crippen molar-refractivity contribution in [2.75, 3.05) is 7.11 Å². The number of Topliss-reactive ketones (excluding diaryl/α,β-unsaturated/α-hetero) is 2. The largest absolute Gasteiger partial charge is 0.506 e. The summed E-state index contributed by atoms with van der Waals surface area (Å²) in [4.78, 5) is 47.5. The molecule has 2 bridgehead atoms. The highest BCUT2D eigenvalue weighted by atomic mass is 16.5. The van der Waals surface area contributed by atoms with Crippen LogP contribution >= 0.6 is 0 Å². The number of esters is 1. The number of carbonyl (C=O) groups is 3. The molecule has 9 nitrogen and oxygen atoms in total. The van der Waals surface area contributed by atoms with Crippen molar-refractivity contribution < 1.29 is 38.8 Å². The first-order chi connectivity index (χ1) is 27.5.